The number of hydrogen-bond acceptors (Lipinski definition) is 5. The van der Waals surface area contributed by atoms with Gasteiger partial charge in [0.25, 0.3) is 5.91 Å². The zero-order valence-electron chi connectivity index (χ0n) is 13.0. The Kier molecular flexibility index (Phi) is 4.33. The lowest BCUT2D eigenvalue weighted by Crippen LogP contribution is -2.12. The maximum absolute atomic E-state index is 14.2. The molecule has 0 saturated heterocycles. The van der Waals surface area contributed by atoms with E-state index in [2.05, 4.69) is 4.98 Å². The van der Waals surface area contributed by atoms with Gasteiger partial charge in [-0.1, -0.05) is 11.6 Å². The molecule has 128 valence electrons. The van der Waals surface area contributed by atoms with Crippen LogP contribution in [0.3, 0.4) is 0 Å². The van der Waals surface area contributed by atoms with Crippen molar-refractivity contribution >= 4 is 34.1 Å². The Morgan fingerprint density at radius 1 is 1.20 bits per heavy atom. The SMILES string of the molecule is COc1cc2nccc(Oc3ccc(N)c(Cl)c3F)c2cc1C(N)=O. The molecule has 0 fully saturated rings. The second kappa shape index (κ2) is 6.45. The zero-order valence-corrected chi connectivity index (χ0v) is 13.8. The van der Waals surface area contributed by atoms with Crippen molar-refractivity contribution in [3.05, 3.63) is 52.9 Å². The summed E-state index contributed by atoms with van der Waals surface area (Å²) in [5.41, 5.74) is 11.7. The highest BCUT2D eigenvalue weighted by atomic mass is 35.5. The van der Waals surface area contributed by atoms with Gasteiger partial charge in [-0.2, -0.15) is 0 Å². The van der Waals surface area contributed by atoms with Gasteiger partial charge in [0.1, 0.15) is 16.5 Å². The number of aromatic nitrogens is 1. The van der Waals surface area contributed by atoms with Crippen molar-refractivity contribution in [1.82, 2.24) is 4.98 Å². The molecule has 1 heterocycles. The highest BCUT2D eigenvalue weighted by Crippen LogP contribution is 2.36. The van der Waals surface area contributed by atoms with Gasteiger partial charge in [0.15, 0.2) is 11.6 Å². The number of nitrogens with zero attached hydrogens (tertiary/aromatic N) is 1. The third kappa shape index (κ3) is 3.01. The van der Waals surface area contributed by atoms with Crippen LogP contribution in [0.25, 0.3) is 10.9 Å². The number of fused-ring (bicyclic) bond motifs is 1. The molecule has 2 aromatic carbocycles. The van der Waals surface area contributed by atoms with Gasteiger partial charge in [-0.25, -0.2) is 4.39 Å². The van der Waals surface area contributed by atoms with Crippen molar-refractivity contribution in [3.63, 3.8) is 0 Å². The summed E-state index contributed by atoms with van der Waals surface area (Å²) in [4.78, 5) is 15.8. The second-order valence-electron chi connectivity index (χ2n) is 5.13. The lowest BCUT2D eigenvalue weighted by molar-refractivity contribution is 0.0997. The van der Waals surface area contributed by atoms with Crippen molar-refractivity contribution in [3.8, 4) is 17.2 Å². The topological polar surface area (TPSA) is 100 Å². The highest BCUT2D eigenvalue weighted by Gasteiger charge is 2.16. The predicted molar refractivity (Wildman–Crippen MR) is 92.7 cm³/mol. The van der Waals surface area contributed by atoms with Crippen molar-refractivity contribution in [2.75, 3.05) is 12.8 Å². The van der Waals surface area contributed by atoms with Gasteiger partial charge in [-0.05, 0) is 24.3 Å². The van der Waals surface area contributed by atoms with Gasteiger partial charge >= 0.3 is 0 Å². The van der Waals surface area contributed by atoms with Gasteiger partial charge < -0.3 is 20.9 Å². The van der Waals surface area contributed by atoms with Gasteiger partial charge in [0.2, 0.25) is 0 Å². The molecule has 25 heavy (non-hydrogen) atoms. The number of ether oxygens (including phenoxy) is 2. The molecule has 4 N–H and O–H groups in total. The molecule has 3 rings (SSSR count). The number of nitrogen functional groups attached to an aromatic ring is 1. The first kappa shape index (κ1) is 16.8. The Hall–Kier alpha value is -3.06. The quantitative estimate of drug-likeness (QED) is 0.692. The monoisotopic (exact) mass is 361 g/mol. The Morgan fingerprint density at radius 2 is 1.96 bits per heavy atom. The minimum Gasteiger partial charge on any atom is -0.496 e. The van der Waals surface area contributed by atoms with Gasteiger partial charge in [-0.3, -0.25) is 9.78 Å². The highest BCUT2D eigenvalue weighted by molar-refractivity contribution is 6.33. The van der Waals surface area contributed by atoms with Crippen LogP contribution in [0.5, 0.6) is 17.2 Å². The third-order valence-electron chi connectivity index (χ3n) is 3.58. The van der Waals surface area contributed by atoms with E-state index in [1.165, 1.54) is 37.6 Å². The zero-order chi connectivity index (χ0) is 18.1. The minimum absolute atomic E-state index is 0.104. The molecule has 0 aliphatic rings. The van der Waals surface area contributed by atoms with Crippen LogP contribution in [0.15, 0.2) is 36.5 Å². The number of rotatable bonds is 4. The number of anilines is 1. The van der Waals surface area contributed by atoms with Crippen molar-refractivity contribution < 1.29 is 18.7 Å². The van der Waals surface area contributed by atoms with Gasteiger partial charge in [-0.15, -0.1) is 0 Å². The maximum atomic E-state index is 14.2. The molecule has 0 aliphatic heterocycles. The molecule has 0 aliphatic carbocycles. The molecule has 0 radical (unpaired) electrons. The second-order valence-corrected chi connectivity index (χ2v) is 5.50. The van der Waals surface area contributed by atoms with Crippen molar-refractivity contribution in [2.24, 2.45) is 5.73 Å². The predicted octanol–water partition coefficient (Wildman–Crippen LogP) is 3.51. The van der Waals surface area contributed by atoms with Crippen LogP contribution < -0.4 is 20.9 Å². The molecular formula is C17H13ClFN3O3. The lowest BCUT2D eigenvalue weighted by atomic mass is 10.1. The van der Waals surface area contributed by atoms with E-state index in [1.54, 1.807) is 6.07 Å². The first-order valence-corrected chi connectivity index (χ1v) is 7.48. The molecule has 0 atom stereocenters. The van der Waals surface area contributed by atoms with Crippen LogP contribution in [0.1, 0.15) is 10.4 Å². The number of benzene rings is 2. The number of amides is 1. The maximum Gasteiger partial charge on any atom is 0.252 e. The normalized spacial score (nSPS) is 10.7. The van der Waals surface area contributed by atoms with E-state index in [1.807, 2.05) is 0 Å². The number of nitrogens with two attached hydrogens (primary N) is 2. The molecule has 6 nitrogen and oxygen atoms in total. The van der Waals surface area contributed by atoms with E-state index in [0.717, 1.165) is 0 Å². The van der Waals surface area contributed by atoms with Crippen LogP contribution in [-0.2, 0) is 0 Å². The number of hydrogen-bond donors (Lipinski definition) is 2. The molecule has 1 amide bonds. The number of methoxy groups -OCH3 is 1. The number of pyridine rings is 1. The fourth-order valence-corrected chi connectivity index (χ4v) is 2.50. The average molecular weight is 362 g/mol. The number of carbonyl (C=O) groups is 1. The summed E-state index contributed by atoms with van der Waals surface area (Å²) in [6.45, 7) is 0. The third-order valence-corrected chi connectivity index (χ3v) is 3.97. The summed E-state index contributed by atoms with van der Waals surface area (Å²) < 4.78 is 25.0. The van der Waals surface area contributed by atoms with E-state index in [4.69, 9.17) is 32.5 Å². The molecule has 0 unspecified atom stereocenters. The summed E-state index contributed by atoms with van der Waals surface area (Å²) in [6, 6.07) is 7.36. The molecule has 0 bridgehead atoms. The molecule has 3 aromatic rings. The lowest BCUT2D eigenvalue weighted by Gasteiger charge is -2.13. The summed E-state index contributed by atoms with van der Waals surface area (Å²) in [5, 5.41) is 0.236. The summed E-state index contributed by atoms with van der Waals surface area (Å²) >= 11 is 5.80. The van der Waals surface area contributed by atoms with Crippen LogP contribution in [-0.4, -0.2) is 18.0 Å². The fourth-order valence-electron chi connectivity index (χ4n) is 2.34. The number of primary amides is 1. The molecule has 0 saturated carbocycles. The Labute approximate surface area is 147 Å². The molecule has 0 spiro atoms. The van der Waals surface area contributed by atoms with Crippen LogP contribution in [0.4, 0.5) is 10.1 Å². The largest absolute Gasteiger partial charge is 0.496 e. The Bertz CT molecular complexity index is 995. The number of carbonyl (C=O) groups excluding carboxylic acids is 1. The summed E-state index contributed by atoms with van der Waals surface area (Å²) in [5.74, 6) is -1.00. The smallest absolute Gasteiger partial charge is 0.252 e. The van der Waals surface area contributed by atoms with E-state index < -0.39 is 11.7 Å². The van der Waals surface area contributed by atoms with E-state index >= 15 is 0 Å². The Balaban J connectivity index is 2.15. The van der Waals surface area contributed by atoms with Gasteiger partial charge in [0.05, 0.1) is 23.9 Å². The van der Waals surface area contributed by atoms with E-state index in [-0.39, 0.29) is 33.5 Å². The first-order valence-electron chi connectivity index (χ1n) is 7.10. The van der Waals surface area contributed by atoms with Crippen LogP contribution in [0.2, 0.25) is 5.02 Å². The molecular weight excluding hydrogens is 349 g/mol. The average Bonchev–Trinajstić information content (AvgIpc) is 2.61. The molecule has 8 heteroatoms. The minimum atomic E-state index is -0.782. The standard InChI is InChI=1S/C17H13ClFN3O3/c1-24-14-7-11-8(6-9(14)17(21)23)12(4-5-22-11)25-13-3-2-10(20)15(18)16(13)19/h2-7H,20H2,1H3,(H2,21,23). The van der Waals surface area contributed by atoms with Crippen LogP contribution >= 0.6 is 11.6 Å². The van der Waals surface area contributed by atoms with E-state index in [9.17, 15) is 9.18 Å². The van der Waals surface area contributed by atoms with Crippen molar-refractivity contribution in [2.45, 2.75) is 0 Å². The van der Waals surface area contributed by atoms with Gasteiger partial charge in [0, 0.05) is 17.6 Å². The Morgan fingerprint density at radius 3 is 2.64 bits per heavy atom. The molecule has 1 aromatic heterocycles. The number of halogens is 2. The van der Waals surface area contributed by atoms with Crippen molar-refractivity contribution in [1.29, 1.82) is 0 Å². The van der Waals surface area contributed by atoms with Crippen LogP contribution in [0, 0.1) is 5.82 Å². The fraction of sp³-hybridized carbons (Fsp3) is 0.0588. The first-order chi connectivity index (χ1) is 11.9. The van der Waals surface area contributed by atoms with E-state index in [0.29, 0.717) is 10.9 Å². The summed E-state index contributed by atoms with van der Waals surface area (Å²) in [6.07, 6.45) is 1.48. The summed E-state index contributed by atoms with van der Waals surface area (Å²) in [7, 11) is 1.42.